The number of ketones is 1. The zero-order valence-corrected chi connectivity index (χ0v) is 15.7. The Hall–Kier alpha value is -2.37. The lowest BCUT2D eigenvalue weighted by Crippen LogP contribution is -2.42. The Balaban J connectivity index is 1.65. The molecule has 0 saturated carbocycles. The predicted molar refractivity (Wildman–Crippen MR) is 98.5 cm³/mol. The zero-order chi connectivity index (χ0) is 18.8. The number of ether oxygens (including phenoxy) is 1. The summed E-state index contributed by atoms with van der Waals surface area (Å²) in [5.41, 5.74) is 1.09. The monoisotopic (exact) mass is 358 g/mol. The van der Waals surface area contributed by atoms with E-state index in [1.54, 1.807) is 32.2 Å². The highest BCUT2D eigenvalue weighted by atomic mass is 16.5. The van der Waals surface area contributed by atoms with Crippen molar-refractivity contribution >= 4 is 23.3 Å². The highest BCUT2D eigenvalue weighted by molar-refractivity contribution is 6.03. The molecule has 140 valence electrons. The van der Waals surface area contributed by atoms with Gasteiger partial charge >= 0.3 is 0 Å². The van der Waals surface area contributed by atoms with Gasteiger partial charge in [0, 0.05) is 38.0 Å². The number of amides is 2. The van der Waals surface area contributed by atoms with E-state index in [-0.39, 0.29) is 36.5 Å². The Morgan fingerprint density at radius 1 is 1.19 bits per heavy atom. The molecule has 0 aromatic heterocycles. The molecule has 2 atom stereocenters. The Morgan fingerprint density at radius 2 is 1.96 bits per heavy atom. The van der Waals surface area contributed by atoms with Crippen molar-refractivity contribution in [2.45, 2.75) is 58.1 Å². The molecule has 2 amide bonds. The van der Waals surface area contributed by atoms with E-state index < -0.39 is 6.10 Å². The third kappa shape index (κ3) is 3.59. The summed E-state index contributed by atoms with van der Waals surface area (Å²) in [7, 11) is 1.68. The van der Waals surface area contributed by atoms with Crippen molar-refractivity contribution in [3.05, 3.63) is 23.8 Å². The average molecular weight is 358 g/mol. The van der Waals surface area contributed by atoms with Crippen molar-refractivity contribution < 1.29 is 19.1 Å². The van der Waals surface area contributed by atoms with Crippen LogP contribution in [0.5, 0.6) is 5.75 Å². The van der Waals surface area contributed by atoms with Crippen LogP contribution in [-0.4, -0.2) is 48.2 Å². The van der Waals surface area contributed by atoms with Gasteiger partial charge in [-0.3, -0.25) is 14.4 Å². The van der Waals surface area contributed by atoms with Crippen LogP contribution >= 0.6 is 0 Å². The molecular formula is C20H26N2O4. The topological polar surface area (TPSA) is 66.9 Å². The molecule has 0 bridgehead atoms. The molecule has 2 aliphatic rings. The van der Waals surface area contributed by atoms with Crippen LogP contribution in [0.3, 0.4) is 0 Å². The lowest BCUT2D eigenvalue weighted by Gasteiger charge is -2.33. The largest absolute Gasteiger partial charge is 0.479 e. The molecule has 26 heavy (non-hydrogen) atoms. The minimum atomic E-state index is -0.529. The van der Waals surface area contributed by atoms with Crippen LogP contribution in [0, 0.1) is 0 Å². The van der Waals surface area contributed by atoms with Gasteiger partial charge in [-0.25, -0.2) is 0 Å². The van der Waals surface area contributed by atoms with Gasteiger partial charge < -0.3 is 14.5 Å². The molecule has 1 aromatic carbocycles. The maximum absolute atomic E-state index is 12.5. The minimum Gasteiger partial charge on any atom is -0.479 e. The summed E-state index contributed by atoms with van der Waals surface area (Å²) in [5, 5.41) is 0. The maximum Gasteiger partial charge on any atom is 0.267 e. The number of carbonyl (C=O) groups is 3. The number of likely N-dealkylation sites (tertiary alicyclic amines) is 1. The van der Waals surface area contributed by atoms with Gasteiger partial charge in [-0.15, -0.1) is 0 Å². The van der Waals surface area contributed by atoms with Crippen LogP contribution in [-0.2, 0) is 9.59 Å². The van der Waals surface area contributed by atoms with Crippen molar-refractivity contribution in [1.82, 2.24) is 4.90 Å². The van der Waals surface area contributed by atoms with Gasteiger partial charge in [0.2, 0.25) is 5.91 Å². The fourth-order valence-electron chi connectivity index (χ4n) is 3.66. The van der Waals surface area contributed by atoms with Crippen LogP contribution in [0.2, 0.25) is 0 Å². The Labute approximate surface area is 154 Å². The fourth-order valence-corrected chi connectivity index (χ4v) is 3.66. The quantitative estimate of drug-likeness (QED) is 0.776. The van der Waals surface area contributed by atoms with Crippen molar-refractivity contribution in [2.75, 3.05) is 18.5 Å². The molecule has 2 heterocycles. The van der Waals surface area contributed by atoms with E-state index in [1.807, 2.05) is 4.90 Å². The molecule has 0 aliphatic carbocycles. The number of benzene rings is 1. The van der Waals surface area contributed by atoms with Crippen LogP contribution in [0.15, 0.2) is 18.2 Å². The Morgan fingerprint density at radius 3 is 2.69 bits per heavy atom. The van der Waals surface area contributed by atoms with Crippen molar-refractivity contribution in [2.24, 2.45) is 0 Å². The predicted octanol–water partition coefficient (Wildman–Crippen LogP) is 2.79. The van der Waals surface area contributed by atoms with Gasteiger partial charge in [-0.1, -0.05) is 0 Å². The summed E-state index contributed by atoms with van der Waals surface area (Å²) < 4.78 is 5.58. The molecule has 2 aliphatic heterocycles. The first kappa shape index (κ1) is 18.4. The van der Waals surface area contributed by atoms with Crippen LogP contribution in [0.25, 0.3) is 0 Å². The fraction of sp³-hybridized carbons (Fsp3) is 0.550. The molecule has 6 heteroatoms. The molecular weight excluding hydrogens is 332 g/mol. The molecule has 1 aromatic rings. The molecule has 3 rings (SSSR count). The molecule has 0 N–H and O–H groups in total. The number of carbonyl (C=O) groups excluding carboxylic acids is 3. The van der Waals surface area contributed by atoms with E-state index in [1.165, 1.54) is 4.90 Å². The van der Waals surface area contributed by atoms with Crippen LogP contribution in [0.1, 0.15) is 56.3 Å². The minimum absolute atomic E-state index is 0.0490. The van der Waals surface area contributed by atoms with Gasteiger partial charge in [0.1, 0.15) is 5.75 Å². The Bertz CT molecular complexity index is 731. The van der Waals surface area contributed by atoms with Gasteiger partial charge in [0.15, 0.2) is 11.9 Å². The van der Waals surface area contributed by atoms with Gasteiger partial charge in [-0.05, 0) is 51.3 Å². The first-order valence-electron chi connectivity index (χ1n) is 9.29. The van der Waals surface area contributed by atoms with Crippen molar-refractivity contribution in [3.63, 3.8) is 0 Å². The van der Waals surface area contributed by atoms with E-state index >= 15 is 0 Å². The first-order valence-corrected chi connectivity index (χ1v) is 9.29. The highest BCUT2D eigenvalue weighted by Gasteiger charge is 2.29. The third-order valence-electron chi connectivity index (χ3n) is 5.31. The summed E-state index contributed by atoms with van der Waals surface area (Å²) in [4.78, 5) is 40.4. The number of hydrogen-bond acceptors (Lipinski definition) is 4. The molecule has 0 radical (unpaired) electrons. The van der Waals surface area contributed by atoms with Gasteiger partial charge in [0.25, 0.3) is 5.91 Å². The molecule has 2 unspecified atom stereocenters. The smallest absolute Gasteiger partial charge is 0.267 e. The summed E-state index contributed by atoms with van der Waals surface area (Å²) in [6, 6.07) is 5.35. The number of Topliss-reactive ketones (excluding diaryl/α,β-unsaturated/α-hetero) is 1. The number of likely N-dealkylation sites (N-methyl/N-ethyl adjacent to an activating group) is 1. The number of hydrogen-bond donors (Lipinski definition) is 0. The zero-order valence-electron chi connectivity index (χ0n) is 15.7. The second kappa shape index (κ2) is 7.48. The van der Waals surface area contributed by atoms with Crippen LogP contribution < -0.4 is 9.64 Å². The van der Waals surface area contributed by atoms with E-state index in [0.29, 0.717) is 17.0 Å². The lowest BCUT2D eigenvalue weighted by molar-refractivity contribution is -0.134. The first-order chi connectivity index (χ1) is 12.4. The van der Waals surface area contributed by atoms with E-state index in [4.69, 9.17) is 4.74 Å². The van der Waals surface area contributed by atoms with E-state index in [2.05, 4.69) is 6.92 Å². The highest BCUT2D eigenvalue weighted by Crippen LogP contribution is 2.34. The van der Waals surface area contributed by atoms with Crippen molar-refractivity contribution in [1.29, 1.82) is 0 Å². The summed E-state index contributed by atoms with van der Waals surface area (Å²) in [5.74, 6) is 0.406. The number of nitrogens with zero attached hydrogens (tertiary/aromatic N) is 2. The second-order valence-electron chi connectivity index (χ2n) is 7.19. The summed E-state index contributed by atoms with van der Waals surface area (Å²) >= 11 is 0. The number of rotatable bonds is 4. The Kier molecular flexibility index (Phi) is 5.30. The summed E-state index contributed by atoms with van der Waals surface area (Å²) in [6.45, 7) is 4.56. The lowest BCUT2D eigenvalue weighted by atomic mass is 10.0. The molecule has 1 saturated heterocycles. The van der Waals surface area contributed by atoms with Gasteiger partial charge in [-0.2, -0.15) is 0 Å². The van der Waals surface area contributed by atoms with Crippen molar-refractivity contribution in [3.8, 4) is 5.75 Å². The molecule has 6 nitrogen and oxygen atoms in total. The maximum atomic E-state index is 12.5. The average Bonchev–Trinajstić information content (AvgIpc) is 2.64. The SMILES string of the molecule is CC1Oc2ccc(C(=O)CCC(=O)N3CCCCC3C)cc2N(C)C1=O. The van der Waals surface area contributed by atoms with E-state index in [9.17, 15) is 14.4 Å². The molecule has 1 fully saturated rings. The number of anilines is 1. The van der Waals surface area contributed by atoms with Gasteiger partial charge in [0.05, 0.1) is 5.69 Å². The van der Waals surface area contributed by atoms with E-state index in [0.717, 1.165) is 25.8 Å². The summed E-state index contributed by atoms with van der Waals surface area (Å²) in [6.07, 6.45) is 3.10. The molecule has 0 spiro atoms. The normalized spacial score (nSPS) is 22.7. The number of fused-ring (bicyclic) bond motifs is 1. The third-order valence-corrected chi connectivity index (χ3v) is 5.31. The van der Waals surface area contributed by atoms with Crippen LogP contribution in [0.4, 0.5) is 5.69 Å². The standard InChI is InChI=1S/C20H26N2O4/c1-13-6-4-5-11-22(13)19(24)10-8-17(23)15-7-9-18-16(12-15)21(3)20(25)14(2)26-18/h7,9,12-14H,4-6,8,10-11H2,1-3H3. The second-order valence-corrected chi connectivity index (χ2v) is 7.19. The number of piperidine rings is 1.